The predicted octanol–water partition coefficient (Wildman–Crippen LogP) is 6.18. The van der Waals surface area contributed by atoms with Crippen LogP contribution in [-0.4, -0.2) is 39.3 Å². The summed E-state index contributed by atoms with van der Waals surface area (Å²) in [5, 5.41) is 39.9. The van der Waals surface area contributed by atoms with Crippen LogP contribution in [0.1, 0.15) is 94.8 Å². The molecule has 39 heavy (non-hydrogen) atoms. The van der Waals surface area contributed by atoms with Crippen LogP contribution in [0.15, 0.2) is 23.3 Å². The highest BCUT2D eigenvalue weighted by Crippen LogP contribution is 2.68. The molecule has 10 heteroatoms. The van der Waals surface area contributed by atoms with Gasteiger partial charge in [0.2, 0.25) is 0 Å². The first-order chi connectivity index (χ1) is 18.5. The Morgan fingerprint density at radius 3 is 2.69 bits per heavy atom. The van der Waals surface area contributed by atoms with Crippen molar-refractivity contribution in [2.75, 3.05) is 6.54 Å². The molecule has 4 aliphatic rings. The molecule has 0 spiro atoms. The quantitative estimate of drug-likeness (QED) is 0.0939. The molecule has 4 fully saturated rings. The Hall–Kier alpha value is -2.68. The summed E-state index contributed by atoms with van der Waals surface area (Å²) in [4.78, 5) is 26.2. The van der Waals surface area contributed by atoms with Gasteiger partial charge in [-0.05, 0) is 123 Å². The van der Waals surface area contributed by atoms with Gasteiger partial charge in [-0.2, -0.15) is 0 Å². The fourth-order valence-corrected chi connectivity index (χ4v) is 9.41. The standard InChI is InChI=1S/C29H41N5O5/c1-27-12-8-20(35)16-18(27)4-6-21-23(27)9-13-28(2)24(21)10-14-29(28,37)11-3-15-31-26(36)22-17-19(32-33-30)5-7-25(22)34(38)39/h5,7,17-18,20-21,23-24,35,37H,3-4,6,8-16H2,1-2H3,(H,31,36)/t18-,20-,21+,23-,24-,27-,28-,29-/m0/s1. The van der Waals surface area contributed by atoms with Crippen LogP contribution >= 0.6 is 0 Å². The fraction of sp³-hybridized carbons (Fsp3) is 0.759. The summed E-state index contributed by atoms with van der Waals surface area (Å²) in [6, 6.07) is 3.70. The third-order valence-electron chi connectivity index (χ3n) is 11.6. The number of rotatable bonds is 7. The zero-order valence-electron chi connectivity index (χ0n) is 23.0. The Labute approximate surface area is 229 Å². The van der Waals surface area contributed by atoms with Crippen LogP contribution in [0.3, 0.4) is 0 Å². The number of aliphatic hydroxyl groups is 2. The van der Waals surface area contributed by atoms with Crippen LogP contribution in [0.4, 0.5) is 11.4 Å². The monoisotopic (exact) mass is 539 g/mol. The molecule has 1 aromatic rings. The molecule has 8 atom stereocenters. The maximum absolute atomic E-state index is 12.8. The maximum atomic E-state index is 12.8. The number of azide groups is 1. The highest BCUT2D eigenvalue weighted by atomic mass is 16.6. The minimum Gasteiger partial charge on any atom is -0.393 e. The van der Waals surface area contributed by atoms with Crippen LogP contribution in [0.25, 0.3) is 10.4 Å². The zero-order valence-corrected chi connectivity index (χ0v) is 23.0. The highest BCUT2D eigenvalue weighted by molar-refractivity contribution is 5.98. The molecule has 0 aromatic heterocycles. The number of nitrogens with zero attached hydrogens (tertiary/aromatic N) is 4. The summed E-state index contributed by atoms with van der Waals surface area (Å²) in [5.74, 6) is 1.80. The van der Waals surface area contributed by atoms with Gasteiger partial charge in [0.15, 0.2) is 0 Å². The van der Waals surface area contributed by atoms with Gasteiger partial charge in [0, 0.05) is 23.2 Å². The molecule has 4 aliphatic carbocycles. The number of aliphatic hydroxyl groups excluding tert-OH is 1. The number of carbonyl (C=O) groups excluding carboxylic acids is 1. The maximum Gasteiger partial charge on any atom is 0.282 e. The molecule has 212 valence electrons. The summed E-state index contributed by atoms with van der Waals surface area (Å²) >= 11 is 0. The third kappa shape index (κ3) is 4.70. The molecular weight excluding hydrogens is 498 g/mol. The number of hydrogen-bond acceptors (Lipinski definition) is 6. The van der Waals surface area contributed by atoms with Gasteiger partial charge >= 0.3 is 0 Å². The smallest absolute Gasteiger partial charge is 0.282 e. The Morgan fingerprint density at radius 1 is 1.18 bits per heavy atom. The molecule has 0 aliphatic heterocycles. The van der Waals surface area contributed by atoms with Crippen molar-refractivity contribution in [2.45, 2.75) is 96.2 Å². The topological polar surface area (TPSA) is 161 Å². The lowest BCUT2D eigenvalue weighted by molar-refractivity contribution is -0.385. The van der Waals surface area contributed by atoms with E-state index in [0.717, 1.165) is 44.9 Å². The molecule has 0 saturated heterocycles. The molecule has 0 unspecified atom stereocenters. The Morgan fingerprint density at radius 2 is 1.95 bits per heavy atom. The van der Waals surface area contributed by atoms with Crippen molar-refractivity contribution in [2.24, 2.45) is 39.6 Å². The van der Waals surface area contributed by atoms with Gasteiger partial charge in [-0.3, -0.25) is 14.9 Å². The van der Waals surface area contributed by atoms with Crippen LogP contribution in [0.5, 0.6) is 0 Å². The molecule has 0 heterocycles. The Bertz CT molecular complexity index is 1190. The van der Waals surface area contributed by atoms with Crippen molar-refractivity contribution < 1.29 is 19.9 Å². The minimum atomic E-state index is -0.790. The minimum absolute atomic E-state index is 0.135. The lowest BCUT2D eigenvalue weighted by atomic mass is 9.44. The molecule has 4 saturated carbocycles. The summed E-state index contributed by atoms with van der Waals surface area (Å²) in [7, 11) is 0. The molecule has 1 amide bonds. The van der Waals surface area contributed by atoms with Gasteiger partial charge in [0.1, 0.15) is 5.56 Å². The van der Waals surface area contributed by atoms with E-state index in [2.05, 4.69) is 29.2 Å². The van der Waals surface area contributed by atoms with Gasteiger partial charge in [0.05, 0.1) is 16.6 Å². The van der Waals surface area contributed by atoms with Crippen molar-refractivity contribution in [1.29, 1.82) is 0 Å². The second-order valence-corrected chi connectivity index (χ2v) is 13.1. The Balaban J connectivity index is 1.22. The predicted molar refractivity (Wildman–Crippen MR) is 146 cm³/mol. The lowest BCUT2D eigenvalue weighted by Gasteiger charge is -2.61. The van der Waals surface area contributed by atoms with Crippen LogP contribution < -0.4 is 5.32 Å². The summed E-state index contributed by atoms with van der Waals surface area (Å²) < 4.78 is 0. The molecular formula is C29H41N5O5. The molecule has 0 radical (unpaired) electrons. The van der Waals surface area contributed by atoms with Crippen molar-refractivity contribution in [3.8, 4) is 0 Å². The first-order valence-electron chi connectivity index (χ1n) is 14.5. The second kappa shape index (κ2) is 10.4. The van der Waals surface area contributed by atoms with Gasteiger partial charge in [0.25, 0.3) is 11.6 Å². The van der Waals surface area contributed by atoms with Gasteiger partial charge in [-0.1, -0.05) is 19.0 Å². The fourth-order valence-electron chi connectivity index (χ4n) is 9.41. The number of benzene rings is 1. The number of amides is 1. The van der Waals surface area contributed by atoms with E-state index in [1.807, 2.05) is 0 Å². The summed E-state index contributed by atoms with van der Waals surface area (Å²) in [5.41, 5.74) is 7.66. The van der Waals surface area contributed by atoms with Crippen molar-refractivity contribution in [3.05, 3.63) is 44.3 Å². The highest BCUT2D eigenvalue weighted by Gasteiger charge is 2.64. The zero-order chi connectivity index (χ0) is 28.0. The molecule has 5 rings (SSSR count). The van der Waals surface area contributed by atoms with E-state index in [1.54, 1.807) is 0 Å². The van der Waals surface area contributed by atoms with Crippen molar-refractivity contribution >= 4 is 17.3 Å². The van der Waals surface area contributed by atoms with E-state index in [1.165, 1.54) is 31.0 Å². The second-order valence-electron chi connectivity index (χ2n) is 13.1. The first kappa shape index (κ1) is 27.9. The van der Waals surface area contributed by atoms with Crippen molar-refractivity contribution in [3.63, 3.8) is 0 Å². The molecule has 3 N–H and O–H groups in total. The molecule has 0 bridgehead atoms. The van der Waals surface area contributed by atoms with Gasteiger partial charge in [-0.25, -0.2) is 0 Å². The molecule has 1 aromatic carbocycles. The Kier molecular flexibility index (Phi) is 7.42. The van der Waals surface area contributed by atoms with E-state index >= 15 is 0 Å². The number of carbonyl (C=O) groups is 1. The van der Waals surface area contributed by atoms with E-state index in [9.17, 15) is 25.1 Å². The average molecular weight is 540 g/mol. The van der Waals surface area contributed by atoms with E-state index < -0.39 is 16.4 Å². The molecule has 10 nitrogen and oxygen atoms in total. The van der Waals surface area contributed by atoms with Crippen molar-refractivity contribution in [1.82, 2.24) is 5.32 Å². The van der Waals surface area contributed by atoms with E-state index in [0.29, 0.717) is 48.5 Å². The first-order valence-corrected chi connectivity index (χ1v) is 14.5. The largest absolute Gasteiger partial charge is 0.393 e. The number of hydrogen-bond donors (Lipinski definition) is 3. The number of nitrogens with one attached hydrogen (secondary N) is 1. The number of fused-ring (bicyclic) bond motifs is 5. The van der Waals surface area contributed by atoms with Crippen LogP contribution in [0, 0.1) is 44.6 Å². The summed E-state index contributed by atoms with van der Waals surface area (Å²) in [6.45, 7) is 5.04. The normalized spacial score (nSPS) is 39.0. The van der Waals surface area contributed by atoms with Gasteiger partial charge in [-0.15, -0.1) is 0 Å². The average Bonchev–Trinajstić information content (AvgIpc) is 3.17. The number of nitro groups is 1. The van der Waals surface area contributed by atoms with Crippen LogP contribution in [0.2, 0.25) is 0 Å². The lowest BCUT2D eigenvalue weighted by Crippen LogP contribution is -2.56. The summed E-state index contributed by atoms with van der Waals surface area (Å²) in [6.07, 6.45) is 10.3. The van der Waals surface area contributed by atoms with Crippen LogP contribution in [-0.2, 0) is 0 Å². The van der Waals surface area contributed by atoms with Gasteiger partial charge < -0.3 is 15.5 Å². The SMILES string of the molecule is C[C@]12CC[C@H](O)C[C@@H]1CC[C@@H]1[C@@H]2CC[C@@]2(C)[C@H]1CC[C@@]2(O)CCCNC(=O)c1cc(N=[N+]=[N-])ccc1[N+](=O)[O-]. The third-order valence-corrected chi connectivity index (χ3v) is 11.6. The number of nitro benzene ring substituents is 1. The van der Waals surface area contributed by atoms with E-state index in [-0.39, 0.29) is 28.5 Å². The van der Waals surface area contributed by atoms with E-state index in [4.69, 9.17) is 5.53 Å².